The van der Waals surface area contributed by atoms with Gasteiger partial charge >= 0.3 is 0 Å². The molecular weight excluding hydrogens is 347 g/mol. The molecule has 1 N–H and O–H groups in total. The van der Waals surface area contributed by atoms with Crippen LogP contribution in [0.2, 0.25) is 0 Å². The zero-order valence-corrected chi connectivity index (χ0v) is 15.5. The Kier molecular flexibility index (Phi) is 3.43. The lowest BCUT2D eigenvalue weighted by molar-refractivity contribution is 0.629. The van der Waals surface area contributed by atoms with Crippen molar-refractivity contribution in [2.75, 3.05) is 30.4 Å². The van der Waals surface area contributed by atoms with Gasteiger partial charge in [-0.15, -0.1) is 0 Å². The van der Waals surface area contributed by atoms with Gasteiger partial charge in [0.25, 0.3) is 0 Å². The standard InChI is InChI=1S/C20H19FN4S/c1-24(2)20-23-18-10-13(4-6-19(18)26-20)25-8-7-16-15(11-25)14-5-3-12(21)9-17(14)22-16/h3-6,9-10,22H,7-8,11H2,1-2H3. The summed E-state index contributed by atoms with van der Waals surface area (Å²) in [5.74, 6) is -0.196. The van der Waals surface area contributed by atoms with Crippen LogP contribution in [0.15, 0.2) is 36.4 Å². The highest BCUT2D eigenvalue weighted by molar-refractivity contribution is 7.22. The molecule has 4 aromatic rings. The summed E-state index contributed by atoms with van der Waals surface area (Å²) in [6, 6.07) is 11.5. The molecule has 132 valence electrons. The summed E-state index contributed by atoms with van der Waals surface area (Å²) < 4.78 is 14.7. The van der Waals surface area contributed by atoms with Crippen LogP contribution < -0.4 is 9.80 Å². The molecule has 0 bridgehead atoms. The summed E-state index contributed by atoms with van der Waals surface area (Å²) in [6.07, 6.45) is 0.934. The largest absolute Gasteiger partial charge is 0.367 e. The molecule has 1 aliphatic heterocycles. The summed E-state index contributed by atoms with van der Waals surface area (Å²) >= 11 is 1.71. The Morgan fingerprint density at radius 2 is 2.08 bits per heavy atom. The van der Waals surface area contributed by atoms with Gasteiger partial charge in [-0.3, -0.25) is 0 Å². The van der Waals surface area contributed by atoms with Gasteiger partial charge in [0.15, 0.2) is 5.13 Å². The second kappa shape index (κ2) is 5.71. The average molecular weight is 366 g/mol. The molecular formula is C20H19FN4S. The maximum Gasteiger partial charge on any atom is 0.185 e. The van der Waals surface area contributed by atoms with Gasteiger partial charge in [-0.2, -0.15) is 0 Å². The van der Waals surface area contributed by atoms with Gasteiger partial charge in [-0.25, -0.2) is 9.37 Å². The normalized spacial score (nSPS) is 14.2. The van der Waals surface area contributed by atoms with Crippen molar-refractivity contribution in [2.45, 2.75) is 13.0 Å². The van der Waals surface area contributed by atoms with Crippen molar-refractivity contribution in [3.8, 4) is 0 Å². The zero-order valence-electron chi connectivity index (χ0n) is 14.7. The van der Waals surface area contributed by atoms with Crippen LogP contribution in [0.4, 0.5) is 15.2 Å². The van der Waals surface area contributed by atoms with E-state index in [-0.39, 0.29) is 5.82 Å². The molecule has 0 saturated heterocycles. The van der Waals surface area contributed by atoms with Crippen LogP contribution in [0.3, 0.4) is 0 Å². The molecule has 0 amide bonds. The summed E-state index contributed by atoms with van der Waals surface area (Å²) in [4.78, 5) is 12.5. The van der Waals surface area contributed by atoms with Crippen LogP contribution >= 0.6 is 11.3 Å². The molecule has 3 heterocycles. The molecule has 0 fully saturated rings. The maximum atomic E-state index is 13.5. The van der Waals surface area contributed by atoms with Crippen LogP contribution in [0.5, 0.6) is 0 Å². The van der Waals surface area contributed by atoms with Crippen molar-refractivity contribution in [3.05, 3.63) is 53.5 Å². The molecule has 0 radical (unpaired) electrons. The van der Waals surface area contributed by atoms with E-state index in [4.69, 9.17) is 4.98 Å². The Hall–Kier alpha value is -2.60. The monoisotopic (exact) mass is 366 g/mol. The minimum absolute atomic E-state index is 0.196. The van der Waals surface area contributed by atoms with E-state index in [1.165, 1.54) is 21.6 Å². The minimum atomic E-state index is -0.196. The SMILES string of the molecule is CN(C)c1nc2cc(N3CCc4[nH]c5cc(F)ccc5c4C3)ccc2s1. The van der Waals surface area contributed by atoms with Gasteiger partial charge in [-0.1, -0.05) is 11.3 Å². The highest BCUT2D eigenvalue weighted by atomic mass is 32.1. The third-order valence-electron chi connectivity index (χ3n) is 5.04. The van der Waals surface area contributed by atoms with Crippen LogP contribution in [-0.2, 0) is 13.0 Å². The second-order valence-electron chi connectivity index (χ2n) is 6.99. The van der Waals surface area contributed by atoms with Gasteiger partial charge in [0, 0.05) is 61.5 Å². The van der Waals surface area contributed by atoms with E-state index in [9.17, 15) is 4.39 Å². The maximum absolute atomic E-state index is 13.5. The summed E-state index contributed by atoms with van der Waals surface area (Å²) in [7, 11) is 4.04. The van der Waals surface area contributed by atoms with E-state index in [0.717, 1.165) is 41.1 Å². The number of aromatic nitrogens is 2. The molecule has 2 aromatic heterocycles. The summed E-state index contributed by atoms with van der Waals surface area (Å²) in [5, 5.41) is 2.15. The zero-order chi connectivity index (χ0) is 17.8. The van der Waals surface area contributed by atoms with E-state index < -0.39 is 0 Å². The van der Waals surface area contributed by atoms with Crippen molar-refractivity contribution in [1.29, 1.82) is 0 Å². The molecule has 26 heavy (non-hydrogen) atoms. The van der Waals surface area contributed by atoms with E-state index in [1.807, 2.05) is 25.1 Å². The fraction of sp³-hybridized carbons (Fsp3) is 0.250. The first kappa shape index (κ1) is 15.6. The number of hydrogen-bond donors (Lipinski definition) is 1. The second-order valence-corrected chi connectivity index (χ2v) is 8.00. The first-order chi connectivity index (χ1) is 12.6. The minimum Gasteiger partial charge on any atom is -0.367 e. The van der Waals surface area contributed by atoms with Crippen LogP contribution in [0.1, 0.15) is 11.3 Å². The first-order valence-corrected chi connectivity index (χ1v) is 9.52. The van der Waals surface area contributed by atoms with Gasteiger partial charge < -0.3 is 14.8 Å². The lowest BCUT2D eigenvalue weighted by Gasteiger charge is -2.29. The van der Waals surface area contributed by atoms with Gasteiger partial charge in [0.05, 0.1) is 10.2 Å². The van der Waals surface area contributed by atoms with E-state index in [2.05, 4.69) is 28.1 Å². The highest BCUT2D eigenvalue weighted by Crippen LogP contribution is 2.34. The molecule has 0 atom stereocenters. The molecule has 0 aliphatic carbocycles. The van der Waals surface area contributed by atoms with Crippen molar-refractivity contribution in [2.24, 2.45) is 0 Å². The fourth-order valence-corrected chi connectivity index (χ4v) is 4.57. The molecule has 1 aliphatic rings. The Morgan fingerprint density at radius 3 is 2.92 bits per heavy atom. The van der Waals surface area contributed by atoms with Crippen LogP contribution in [0.25, 0.3) is 21.1 Å². The number of fused-ring (bicyclic) bond motifs is 4. The Morgan fingerprint density at radius 1 is 1.19 bits per heavy atom. The lowest BCUT2D eigenvalue weighted by Crippen LogP contribution is -2.29. The number of thiazole rings is 1. The molecule has 5 rings (SSSR count). The average Bonchev–Trinajstić information content (AvgIpc) is 3.21. The van der Waals surface area contributed by atoms with Crippen molar-refractivity contribution < 1.29 is 4.39 Å². The molecule has 6 heteroatoms. The molecule has 0 saturated carbocycles. The number of halogens is 1. The van der Waals surface area contributed by atoms with E-state index >= 15 is 0 Å². The lowest BCUT2D eigenvalue weighted by atomic mass is 10.0. The number of benzene rings is 2. The number of nitrogens with zero attached hydrogens (tertiary/aromatic N) is 3. The topological polar surface area (TPSA) is 35.2 Å². The third-order valence-corrected chi connectivity index (χ3v) is 6.25. The third kappa shape index (κ3) is 2.44. The predicted molar refractivity (Wildman–Crippen MR) is 107 cm³/mol. The van der Waals surface area contributed by atoms with Gasteiger partial charge in [-0.05, 0) is 36.4 Å². The van der Waals surface area contributed by atoms with Crippen LogP contribution in [0, 0.1) is 5.82 Å². The summed E-state index contributed by atoms with van der Waals surface area (Å²) in [6.45, 7) is 1.77. The van der Waals surface area contributed by atoms with Crippen LogP contribution in [-0.4, -0.2) is 30.6 Å². The number of hydrogen-bond acceptors (Lipinski definition) is 4. The molecule has 0 unspecified atom stereocenters. The van der Waals surface area contributed by atoms with E-state index in [0.29, 0.717) is 0 Å². The number of H-pyrrole nitrogens is 1. The Balaban J connectivity index is 1.52. The van der Waals surface area contributed by atoms with Crippen molar-refractivity contribution >= 4 is 43.3 Å². The smallest absolute Gasteiger partial charge is 0.185 e. The highest BCUT2D eigenvalue weighted by Gasteiger charge is 2.21. The number of rotatable bonds is 2. The number of nitrogens with one attached hydrogen (secondary N) is 1. The quantitative estimate of drug-likeness (QED) is 0.565. The van der Waals surface area contributed by atoms with Crippen molar-refractivity contribution in [3.63, 3.8) is 0 Å². The fourth-order valence-electron chi connectivity index (χ4n) is 3.71. The van der Waals surface area contributed by atoms with Gasteiger partial charge in [0.1, 0.15) is 5.82 Å². The predicted octanol–water partition coefficient (Wildman–Crippen LogP) is 4.55. The van der Waals surface area contributed by atoms with Gasteiger partial charge in [0.2, 0.25) is 0 Å². The summed E-state index contributed by atoms with van der Waals surface area (Å²) in [5.41, 5.74) is 5.63. The number of anilines is 2. The Labute approximate surface area is 154 Å². The van der Waals surface area contributed by atoms with Crippen molar-refractivity contribution in [1.82, 2.24) is 9.97 Å². The molecule has 2 aromatic carbocycles. The molecule has 4 nitrogen and oxygen atoms in total. The van der Waals surface area contributed by atoms with E-state index in [1.54, 1.807) is 23.5 Å². The Bertz CT molecular complexity index is 1130. The molecule has 0 spiro atoms. The first-order valence-electron chi connectivity index (χ1n) is 8.70. The number of aromatic amines is 1.